The summed E-state index contributed by atoms with van der Waals surface area (Å²) in [4.78, 5) is 4.11. The molecule has 3 N–H and O–H groups in total. The summed E-state index contributed by atoms with van der Waals surface area (Å²) in [5.74, 6) is 0.703. The Morgan fingerprint density at radius 3 is 2.86 bits per heavy atom. The molecule has 1 heterocycles. The molecule has 1 aliphatic rings. The van der Waals surface area contributed by atoms with E-state index in [0.717, 1.165) is 0 Å². The smallest absolute Gasteiger partial charge is 0.149 e. The Balaban J connectivity index is 2.14. The lowest BCUT2D eigenvalue weighted by Gasteiger charge is -2.27. The molecule has 1 aromatic heterocycles. The monoisotopic (exact) mass is 188 g/mol. The molecule has 0 amide bonds. The first-order valence-corrected chi connectivity index (χ1v) is 4.72. The topological polar surface area (TPSA) is 74.7 Å². The minimum Gasteiger partial charge on any atom is -0.396 e. The summed E-state index contributed by atoms with van der Waals surface area (Å²) in [6.45, 7) is 0. The average molecular weight is 188 g/mol. The third kappa shape index (κ3) is 1.62. The number of aromatic nitrogens is 1. The first kappa shape index (κ1) is 8.82. The number of nitrogen functional groups attached to an aromatic ring is 1. The number of hydrogen-bond acceptors (Lipinski definition) is 4. The second-order valence-corrected chi connectivity index (χ2v) is 3.55. The van der Waals surface area contributed by atoms with E-state index in [1.54, 1.807) is 6.07 Å². The average Bonchev–Trinajstić information content (AvgIpc) is 2.13. The number of anilines is 2. The van der Waals surface area contributed by atoms with Crippen molar-refractivity contribution in [1.29, 1.82) is 5.26 Å². The third-order valence-corrected chi connectivity index (χ3v) is 2.49. The van der Waals surface area contributed by atoms with Gasteiger partial charge >= 0.3 is 0 Å². The summed E-state index contributed by atoms with van der Waals surface area (Å²) in [5, 5.41) is 11.9. The number of hydrogen-bond donors (Lipinski definition) is 2. The van der Waals surface area contributed by atoms with E-state index in [9.17, 15) is 0 Å². The number of nitrogens with two attached hydrogens (primary N) is 1. The summed E-state index contributed by atoms with van der Waals surface area (Å²) in [6, 6.07) is 4.16. The van der Waals surface area contributed by atoms with Gasteiger partial charge in [-0.2, -0.15) is 5.26 Å². The molecule has 1 aliphatic carbocycles. The van der Waals surface area contributed by atoms with Gasteiger partial charge in [0.15, 0.2) is 0 Å². The maximum Gasteiger partial charge on any atom is 0.149 e. The zero-order valence-corrected chi connectivity index (χ0v) is 7.83. The lowest BCUT2D eigenvalue weighted by atomic mass is 9.93. The molecule has 4 nitrogen and oxygen atoms in total. The van der Waals surface area contributed by atoms with Crippen LogP contribution in [-0.4, -0.2) is 11.0 Å². The van der Waals surface area contributed by atoms with Crippen molar-refractivity contribution in [2.24, 2.45) is 0 Å². The normalized spacial score (nSPS) is 15.6. The number of nitrogens with zero attached hydrogens (tertiary/aromatic N) is 2. The van der Waals surface area contributed by atoms with Crippen molar-refractivity contribution < 1.29 is 0 Å². The largest absolute Gasteiger partial charge is 0.396 e. The predicted molar refractivity (Wildman–Crippen MR) is 54.6 cm³/mol. The van der Waals surface area contributed by atoms with E-state index in [-0.39, 0.29) is 0 Å². The zero-order chi connectivity index (χ0) is 9.97. The van der Waals surface area contributed by atoms with Gasteiger partial charge in [-0.05, 0) is 25.3 Å². The number of nitrogens with one attached hydrogen (secondary N) is 1. The number of rotatable bonds is 2. The Hall–Kier alpha value is -1.76. The Labute approximate surface area is 82.8 Å². The van der Waals surface area contributed by atoms with Crippen LogP contribution in [0.25, 0.3) is 0 Å². The lowest BCUT2D eigenvalue weighted by molar-refractivity contribution is 0.444. The SMILES string of the molecule is N#Cc1cnc(NC2CCC2)c(N)c1. The molecular formula is C10H12N4. The predicted octanol–water partition coefficient (Wildman–Crippen LogP) is 1.50. The van der Waals surface area contributed by atoms with Crippen molar-refractivity contribution in [3.8, 4) is 6.07 Å². The van der Waals surface area contributed by atoms with E-state index in [4.69, 9.17) is 11.0 Å². The Kier molecular flexibility index (Phi) is 2.23. The van der Waals surface area contributed by atoms with Crippen molar-refractivity contribution in [3.63, 3.8) is 0 Å². The van der Waals surface area contributed by atoms with Crippen LogP contribution < -0.4 is 11.1 Å². The van der Waals surface area contributed by atoms with Crippen LogP contribution in [0.3, 0.4) is 0 Å². The maximum atomic E-state index is 8.63. The molecule has 1 aromatic rings. The van der Waals surface area contributed by atoms with Gasteiger partial charge in [0, 0.05) is 12.2 Å². The molecule has 0 aliphatic heterocycles. The van der Waals surface area contributed by atoms with Crippen LogP contribution in [-0.2, 0) is 0 Å². The third-order valence-electron chi connectivity index (χ3n) is 2.49. The lowest BCUT2D eigenvalue weighted by Crippen LogP contribution is -2.27. The summed E-state index contributed by atoms with van der Waals surface area (Å²) >= 11 is 0. The van der Waals surface area contributed by atoms with Gasteiger partial charge in [-0.15, -0.1) is 0 Å². The van der Waals surface area contributed by atoms with Crippen LogP contribution in [0.4, 0.5) is 11.5 Å². The molecule has 0 saturated heterocycles. The fraction of sp³-hybridized carbons (Fsp3) is 0.400. The summed E-state index contributed by atoms with van der Waals surface area (Å²) < 4.78 is 0. The second-order valence-electron chi connectivity index (χ2n) is 3.55. The van der Waals surface area contributed by atoms with Crippen LogP contribution >= 0.6 is 0 Å². The Morgan fingerprint density at radius 1 is 1.57 bits per heavy atom. The fourth-order valence-corrected chi connectivity index (χ4v) is 1.41. The molecule has 0 bridgehead atoms. The summed E-state index contributed by atoms with van der Waals surface area (Å²) in [6.07, 6.45) is 5.17. The summed E-state index contributed by atoms with van der Waals surface area (Å²) in [7, 11) is 0. The van der Waals surface area contributed by atoms with Crippen molar-refractivity contribution in [3.05, 3.63) is 17.8 Å². The fourth-order valence-electron chi connectivity index (χ4n) is 1.41. The molecule has 0 spiro atoms. The highest BCUT2D eigenvalue weighted by atomic mass is 15.0. The molecule has 1 saturated carbocycles. The van der Waals surface area contributed by atoms with Gasteiger partial charge in [-0.25, -0.2) is 4.98 Å². The molecule has 0 atom stereocenters. The minimum absolute atomic E-state index is 0.502. The van der Waals surface area contributed by atoms with Gasteiger partial charge in [0.05, 0.1) is 11.3 Å². The van der Waals surface area contributed by atoms with Crippen LogP contribution in [0, 0.1) is 11.3 Å². The molecular weight excluding hydrogens is 176 g/mol. The highest BCUT2D eigenvalue weighted by Gasteiger charge is 2.18. The number of nitriles is 1. The molecule has 72 valence electrons. The second kappa shape index (κ2) is 3.54. The molecule has 0 radical (unpaired) electrons. The van der Waals surface area contributed by atoms with Crippen molar-refractivity contribution in [2.75, 3.05) is 11.1 Å². The van der Waals surface area contributed by atoms with E-state index < -0.39 is 0 Å². The van der Waals surface area contributed by atoms with Crippen LogP contribution in [0.1, 0.15) is 24.8 Å². The maximum absolute atomic E-state index is 8.63. The highest BCUT2D eigenvalue weighted by Crippen LogP contribution is 2.25. The number of pyridine rings is 1. The van der Waals surface area contributed by atoms with Crippen molar-refractivity contribution in [2.45, 2.75) is 25.3 Å². The minimum atomic E-state index is 0.502. The zero-order valence-electron chi connectivity index (χ0n) is 7.83. The molecule has 1 fully saturated rings. The van der Waals surface area contributed by atoms with Crippen LogP contribution in [0.15, 0.2) is 12.3 Å². The van der Waals surface area contributed by atoms with Crippen LogP contribution in [0.2, 0.25) is 0 Å². The molecule has 2 rings (SSSR count). The van der Waals surface area contributed by atoms with Gasteiger partial charge < -0.3 is 11.1 Å². The Bertz CT molecular complexity index is 376. The Morgan fingerprint density at radius 2 is 2.36 bits per heavy atom. The summed E-state index contributed by atoms with van der Waals surface area (Å²) in [5.41, 5.74) is 6.80. The van der Waals surface area contributed by atoms with Crippen LogP contribution in [0.5, 0.6) is 0 Å². The van der Waals surface area contributed by atoms with Gasteiger partial charge in [0.25, 0.3) is 0 Å². The molecule has 0 aromatic carbocycles. The standard InChI is InChI=1S/C10H12N4/c11-5-7-4-9(12)10(13-6-7)14-8-2-1-3-8/h4,6,8H,1-3,12H2,(H,13,14). The van der Waals surface area contributed by atoms with E-state index in [2.05, 4.69) is 10.3 Å². The van der Waals surface area contributed by atoms with E-state index in [1.807, 2.05) is 6.07 Å². The molecule has 0 unspecified atom stereocenters. The van der Waals surface area contributed by atoms with Gasteiger partial charge in [-0.1, -0.05) is 0 Å². The highest BCUT2D eigenvalue weighted by molar-refractivity contribution is 5.63. The van der Waals surface area contributed by atoms with Gasteiger partial charge in [0.1, 0.15) is 11.9 Å². The van der Waals surface area contributed by atoms with E-state index in [0.29, 0.717) is 23.1 Å². The van der Waals surface area contributed by atoms with Gasteiger partial charge in [0.2, 0.25) is 0 Å². The van der Waals surface area contributed by atoms with Crippen molar-refractivity contribution in [1.82, 2.24) is 4.98 Å². The molecule has 14 heavy (non-hydrogen) atoms. The van der Waals surface area contributed by atoms with E-state index >= 15 is 0 Å². The first-order valence-electron chi connectivity index (χ1n) is 4.72. The van der Waals surface area contributed by atoms with E-state index in [1.165, 1.54) is 25.5 Å². The van der Waals surface area contributed by atoms with Gasteiger partial charge in [-0.3, -0.25) is 0 Å². The first-order chi connectivity index (χ1) is 6.79. The quantitative estimate of drug-likeness (QED) is 0.737. The van der Waals surface area contributed by atoms with Crippen molar-refractivity contribution >= 4 is 11.5 Å². The molecule has 4 heteroatoms.